The number of aliphatic hydroxyl groups excluding tert-OH is 1. The lowest BCUT2D eigenvalue weighted by Gasteiger charge is -2.39. The molecule has 0 radical (unpaired) electrons. The average molecular weight is 715 g/mol. The van der Waals surface area contributed by atoms with Crippen molar-refractivity contribution < 1.29 is 29.0 Å². The van der Waals surface area contributed by atoms with Crippen molar-refractivity contribution in [1.29, 1.82) is 0 Å². The molecule has 1 spiro atoms. The third kappa shape index (κ3) is 6.99. The Balaban J connectivity index is 1.56. The number of rotatable bonds is 19. The first-order valence-electron chi connectivity index (χ1n) is 19.1. The van der Waals surface area contributed by atoms with E-state index in [1.54, 1.807) is 26.9 Å². The fraction of sp³-hybridized carbons (Fsp3) is 0.548. The number of ether oxygens (including phenoxy) is 2. The van der Waals surface area contributed by atoms with Crippen LogP contribution in [0.5, 0.6) is 5.75 Å². The van der Waals surface area contributed by atoms with Crippen LogP contribution in [0.15, 0.2) is 73.8 Å². The molecule has 3 aliphatic rings. The Kier molecular flexibility index (Phi) is 12.5. The van der Waals surface area contributed by atoms with E-state index >= 15 is 4.79 Å². The highest BCUT2D eigenvalue weighted by Crippen LogP contribution is 2.65. The number of hydrogen-bond donors (Lipinski definition) is 1. The summed E-state index contributed by atoms with van der Waals surface area (Å²) in [4.78, 5) is 52.3. The Morgan fingerprint density at radius 3 is 2.02 bits per heavy atom. The van der Waals surface area contributed by atoms with Crippen LogP contribution in [0.4, 0.5) is 17.1 Å². The van der Waals surface area contributed by atoms with Crippen LogP contribution in [0.3, 0.4) is 0 Å². The summed E-state index contributed by atoms with van der Waals surface area (Å²) in [6.45, 7) is 21.3. The normalized spacial score (nSPS) is 25.9. The van der Waals surface area contributed by atoms with Gasteiger partial charge in [-0.2, -0.15) is 0 Å². The molecule has 0 aliphatic carbocycles. The Morgan fingerprint density at radius 1 is 0.904 bits per heavy atom. The molecule has 3 saturated heterocycles. The number of benzene rings is 2. The number of fused-ring (bicyclic) bond motifs is 1. The van der Waals surface area contributed by atoms with E-state index < -0.39 is 29.1 Å². The first kappa shape index (κ1) is 39.1. The summed E-state index contributed by atoms with van der Waals surface area (Å²) in [6, 6.07) is 14.4. The molecule has 3 unspecified atom stereocenters. The van der Waals surface area contributed by atoms with E-state index in [0.717, 1.165) is 31.6 Å². The van der Waals surface area contributed by atoms with E-state index in [-0.39, 0.29) is 43.3 Å². The van der Waals surface area contributed by atoms with Crippen molar-refractivity contribution in [3.63, 3.8) is 0 Å². The van der Waals surface area contributed by atoms with E-state index in [9.17, 15) is 14.7 Å². The van der Waals surface area contributed by atoms with Gasteiger partial charge in [0.05, 0.1) is 24.0 Å². The van der Waals surface area contributed by atoms with E-state index in [4.69, 9.17) is 9.47 Å². The maximum absolute atomic E-state index is 15.2. The zero-order valence-corrected chi connectivity index (χ0v) is 31.8. The van der Waals surface area contributed by atoms with Gasteiger partial charge in [0.2, 0.25) is 11.8 Å². The quantitative estimate of drug-likeness (QED) is 0.136. The number of likely N-dealkylation sites (tertiary alicyclic amines) is 1. The Bertz CT molecular complexity index is 1580. The summed E-state index contributed by atoms with van der Waals surface area (Å²) >= 11 is 0. The van der Waals surface area contributed by atoms with Gasteiger partial charge in [0.15, 0.2) is 0 Å². The molecule has 282 valence electrons. The number of unbranched alkanes of at least 4 members (excludes halogenated alkanes) is 3. The molecule has 0 saturated carbocycles. The van der Waals surface area contributed by atoms with Gasteiger partial charge in [-0.1, -0.05) is 31.9 Å². The summed E-state index contributed by atoms with van der Waals surface area (Å²) in [6.07, 6.45) is 6.83. The molecule has 2 bridgehead atoms. The second kappa shape index (κ2) is 16.7. The maximum Gasteiger partial charge on any atom is 0.253 e. The molecule has 52 heavy (non-hydrogen) atoms. The number of carbonyl (C=O) groups excluding carboxylic acids is 3. The smallest absolute Gasteiger partial charge is 0.253 e. The van der Waals surface area contributed by atoms with Gasteiger partial charge in [-0.05, 0) is 101 Å². The molecular weight excluding hydrogens is 656 g/mol. The number of carbonyl (C=O) groups is 3. The standard InChI is InChI=1S/C42H58N4O6/c1-8-25-44(33-21-23-34(24-22-33)51-12-5)38(48)35-36-39(49)46(27-15-13-14-16-28-47)37(42(36)29-30(6)41(35,7)52-42)40(50)45(26-9-2)32-19-17-31(18-20-32)43(10-3)11-4/h8-9,17-24,30,35-37,47H,1-2,10-16,25-29H2,3-7H3/t30?,35-,36+,37?,41+,42?/m1/s1. The van der Waals surface area contributed by atoms with Crippen LogP contribution in [0, 0.1) is 17.8 Å². The van der Waals surface area contributed by atoms with E-state index in [2.05, 4.69) is 38.8 Å². The highest BCUT2D eigenvalue weighted by atomic mass is 16.5. The van der Waals surface area contributed by atoms with Gasteiger partial charge in [-0.3, -0.25) is 14.4 Å². The van der Waals surface area contributed by atoms with Crippen molar-refractivity contribution in [3.05, 3.63) is 73.8 Å². The fourth-order valence-electron chi connectivity index (χ4n) is 8.92. The first-order chi connectivity index (χ1) is 25.1. The lowest BCUT2D eigenvalue weighted by molar-refractivity contribution is -0.145. The highest BCUT2D eigenvalue weighted by Gasteiger charge is 2.80. The van der Waals surface area contributed by atoms with Crippen LogP contribution in [0.2, 0.25) is 0 Å². The summed E-state index contributed by atoms with van der Waals surface area (Å²) in [5.74, 6) is -1.71. The summed E-state index contributed by atoms with van der Waals surface area (Å²) in [5, 5.41) is 9.35. The Hall–Kier alpha value is -4.15. The molecular formula is C42H58N4O6. The summed E-state index contributed by atoms with van der Waals surface area (Å²) < 4.78 is 12.7. The minimum absolute atomic E-state index is 0.0996. The number of amides is 3. The highest BCUT2D eigenvalue weighted by molar-refractivity contribution is 6.07. The van der Waals surface area contributed by atoms with Gasteiger partial charge in [0.1, 0.15) is 17.4 Å². The van der Waals surface area contributed by atoms with Crippen LogP contribution >= 0.6 is 0 Å². The molecule has 3 amide bonds. The van der Waals surface area contributed by atoms with Crippen LogP contribution in [-0.4, -0.2) is 90.9 Å². The van der Waals surface area contributed by atoms with Crippen molar-refractivity contribution in [3.8, 4) is 5.75 Å². The monoisotopic (exact) mass is 714 g/mol. The number of nitrogens with zero attached hydrogens (tertiary/aromatic N) is 4. The van der Waals surface area contributed by atoms with Crippen molar-refractivity contribution >= 4 is 34.8 Å². The topological polar surface area (TPSA) is 103 Å². The molecule has 10 heteroatoms. The predicted molar refractivity (Wildman–Crippen MR) is 207 cm³/mol. The van der Waals surface area contributed by atoms with Crippen LogP contribution in [0.1, 0.15) is 66.7 Å². The lowest BCUT2D eigenvalue weighted by atomic mass is 9.62. The van der Waals surface area contributed by atoms with E-state index in [1.807, 2.05) is 62.4 Å². The second-order valence-electron chi connectivity index (χ2n) is 14.5. The van der Waals surface area contributed by atoms with Crippen molar-refractivity contribution in [2.75, 3.05) is 60.6 Å². The number of aliphatic hydroxyl groups is 1. The summed E-state index contributed by atoms with van der Waals surface area (Å²) in [5.41, 5.74) is 0.292. The molecule has 10 nitrogen and oxygen atoms in total. The number of anilines is 3. The van der Waals surface area contributed by atoms with Crippen LogP contribution < -0.4 is 19.4 Å². The molecule has 3 aliphatic heterocycles. The third-order valence-corrected chi connectivity index (χ3v) is 11.5. The summed E-state index contributed by atoms with van der Waals surface area (Å²) in [7, 11) is 0. The zero-order valence-electron chi connectivity index (χ0n) is 31.8. The predicted octanol–water partition coefficient (Wildman–Crippen LogP) is 6.23. The van der Waals surface area contributed by atoms with E-state index in [1.165, 1.54) is 0 Å². The van der Waals surface area contributed by atoms with Gasteiger partial charge in [0, 0.05) is 56.4 Å². The SMILES string of the molecule is C=CCN(C(=O)C1N(CCCCCCO)C(=O)[C@@H]2[C@H](C(=O)N(CC=C)c3ccc(OCC)cc3)[C@@]3(C)OC12CC3C)c1ccc(N(CC)CC)cc1. The molecule has 0 aromatic heterocycles. The minimum Gasteiger partial charge on any atom is -0.494 e. The molecule has 2 aromatic carbocycles. The average Bonchev–Trinajstić information content (AvgIpc) is 3.66. The Labute approximate surface area is 310 Å². The van der Waals surface area contributed by atoms with Gasteiger partial charge >= 0.3 is 0 Å². The molecule has 3 fully saturated rings. The largest absolute Gasteiger partial charge is 0.494 e. The minimum atomic E-state index is -1.19. The number of hydrogen-bond acceptors (Lipinski definition) is 7. The third-order valence-electron chi connectivity index (χ3n) is 11.5. The van der Waals surface area contributed by atoms with Crippen LogP contribution in [0.25, 0.3) is 0 Å². The Morgan fingerprint density at radius 2 is 1.46 bits per heavy atom. The first-order valence-corrected chi connectivity index (χ1v) is 19.1. The molecule has 2 aromatic rings. The lowest BCUT2D eigenvalue weighted by Crippen LogP contribution is -2.57. The molecule has 5 rings (SSSR count). The molecule has 6 atom stereocenters. The van der Waals surface area contributed by atoms with Crippen molar-refractivity contribution in [1.82, 2.24) is 4.90 Å². The van der Waals surface area contributed by atoms with Gasteiger partial charge in [-0.25, -0.2) is 0 Å². The van der Waals surface area contributed by atoms with Crippen molar-refractivity contribution in [2.45, 2.75) is 84.0 Å². The second-order valence-corrected chi connectivity index (χ2v) is 14.5. The van der Waals surface area contributed by atoms with Crippen LogP contribution in [-0.2, 0) is 19.1 Å². The molecule has 1 N–H and O–H groups in total. The molecule has 3 heterocycles. The van der Waals surface area contributed by atoms with E-state index in [0.29, 0.717) is 49.5 Å². The van der Waals surface area contributed by atoms with Gasteiger partial charge < -0.3 is 34.2 Å². The zero-order chi connectivity index (χ0) is 37.6. The maximum atomic E-state index is 15.2. The van der Waals surface area contributed by atoms with Gasteiger partial charge in [0.25, 0.3) is 5.91 Å². The van der Waals surface area contributed by atoms with Crippen molar-refractivity contribution in [2.24, 2.45) is 17.8 Å². The van der Waals surface area contributed by atoms with Gasteiger partial charge in [-0.15, -0.1) is 13.2 Å². The fourth-order valence-corrected chi connectivity index (χ4v) is 8.92.